The minimum atomic E-state index is -0.912. The summed E-state index contributed by atoms with van der Waals surface area (Å²) in [7, 11) is 0. The summed E-state index contributed by atoms with van der Waals surface area (Å²) in [5.41, 5.74) is 7.31. The maximum absolute atomic E-state index is 11.5. The number of carboxylic acid groups (broad SMARTS) is 1. The van der Waals surface area contributed by atoms with E-state index < -0.39 is 5.97 Å². The number of benzene rings is 2. The Balaban J connectivity index is 1.43. The van der Waals surface area contributed by atoms with Crippen LogP contribution in [0.15, 0.2) is 54.7 Å². The average Bonchev–Trinajstić information content (AvgIpc) is 3.50. The third-order valence-corrected chi connectivity index (χ3v) is 5.68. The van der Waals surface area contributed by atoms with Crippen LogP contribution in [0.3, 0.4) is 0 Å². The van der Waals surface area contributed by atoms with Crippen molar-refractivity contribution >= 4 is 17.1 Å². The number of nitrogens with zero attached hydrogens (tertiary/aromatic N) is 2. The van der Waals surface area contributed by atoms with Crippen molar-refractivity contribution in [3.05, 3.63) is 82.8 Å². The highest BCUT2D eigenvalue weighted by Gasteiger charge is 2.27. The van der Waals surface area contributed by atoms with Gasteiger partial charge in [0.1, 0.15) is 5.82 Å². The molecule has 1 fully saturated rings. The van der Waals surface area contributed by atoms with Crippen LogP contribution in [0.25, 0.3) is 22.3 Å². The molecule has 5 nitrogen and oxygen atoms in total. The number of fused-ring (bicyclic) bond motifs is 1. The number of carboxylic acids is 1. The zero-order valence-electron chi connectivity index (χ0n) is 16.1. The topological polar surface area (TPSA) is 78.9 Å². The quantitative estimate of drug-likeness (QED) is 0.502. The highest BCUT2D eigenvalue weighted by atomic mass is 16.4. The minimum Gasteiger partial charge on any atom is -0.478 e. The second-order valence-corrected chi connectivity index (χ2v) is 7.73. The monoisotopic (exact) mass is 383 g/mol. The zero-order chi connectivity index (χ0) is 20.0. The Bertz CT molecular complexity index is 1220. The van der Waals surface area contributed by atoms with E-state index >= 15 is 0 Å². The van der Waals surface area contributed by atoms with E-state index in [2.05, 4.69) is 34.0 Å². The van der Waals surface area contributed by atoms with E-state index in [1.807, 2.05) is 30.5 Å². The van der Waals surface area contributed by atoms with Gasteiger partial charge in [0.25, 0.3) is 0 Å². The molecule has 1 saturated carbocycles. The Labute approximate surface area is 168 Å². The van der Waals surface area contributed by atoms with Crippen molar-refractivity contribution < 1.29 is 9.90 Å². The molecule has 2 N–H and O–H groups in total. The molecule has 0 bridgehead atoms. The third kappa shape index (κ3) is 3.29. The van der Waals surface area contributed by atoms with Gasteiger partial charge >= 0.3 is 5.97 Å². The van der Waals surface area contributed by atoms with Gasteiger partial charge in [-0.05, 0) is 60.1 Å². The summed E-state index contributed by atoms with van der Waals surface area (Å²) in [4.78, 5) is 24.1. The van der Waals surface area contributed by atoms with Crippen LogP contribution in [0.1, 0.15) is 51.6 Å². The highest BCUT2D eigenvalue weighted by molar-refractivity contribution is 5.96. The molecule has 0 radical (unpaired) electrons. The molecule has 5 heteroatoms. The lowest BCUT2D eigenvalue weighted by Gasteiger charge is -2.09. The van der Waals surface area contributed by atoms with Gasteiger partial charge in [0, 0.05) is 12.1 Å². The Morgan fingerprint density at radius 1 is 1.14 bits per heavy atom. The lowest BCUT2D eigenvalue weighted by Crippen LogP contribution is -1.99. The predicted octanol–water partition coefficient (Wildman–Crippen LogP) is 5.10. The maximum atomic E-state index is 11.5. The van der Waals surface area contributed by atoms with E-state index in [-0.39, 0.29) is 0 Å². The normalized spacial score (nSPS) is 13.7. The number of nitrogens with one attached hydrogen (secondary N) is 1. The molecule has 0 aliphatic heterocycles. The number of pyridine rings is 1. The molecular weight excluding hydrogens is 362 g/mol. The predicted molar refractivity (Wildman–Crippen MR) is 112 cm³/mol. The van der Waals surface area contributed by atoms with Crippen LogP contribution in [-0.2, 0) is 6.42 Å². The fourth-order valence-electron chi connectivity index (χ4n) is 3.80. The van der Waals surface area contributed by atoms with Gasteiger partial charge in [-0.15, -0.1) is 0 Å². The molecule has 144 valence electrons. The number of carbonyl (C=O) groups is 1. The zero-order valence-corrected chi connectivity index (χ0v) is 16.1. The number of rotatable bonds is 5. The van der Waals surface area contributed by atoms with Crippen LogP contribution >= 0.6 is 0 Å². The maximum Gasteiger partial charge on any atom is 0.336 e. The van der Waals surface area contributed by atoms with Gasteiger partial charge in [0.2, 0.25) is 0 Å². The summed E-state index contributed by atoms with van der Waals surface area (Å²) >= 11 is 0. The van der Waals surface area contributed by atoms with Crippen LogP contribution in [0.2, 0.25) is 0 Å². The number of aryl methyl sites for hydroxylation is 1. The first-order valence-corrected chi connectivity index (χ1v) is 9.86. The summed E-state index contributed by atoms with van der Waals surface area (Å²) in [5, 5.41) is 9.42. The lowest BCUT2D eigenvalue weighted by molar-refractivity contribution is 0.0697. The van der Waals surface area contributed by atoms with Crippen molar-refractivity contribution in [2.75, 3.05) is 0 Å². The first kappa shape index (κ1) is 17.6. The summed E-state index contributed by atoms with van der Waals surface area (Å²) in [6, 6.07) is 15.2. The van der Waals surface area contributed by atoms with E-state index in [0.717, 1.165) is 40.1 Å². The molecule has 2 aromatic carbocycles. The molecule has 0 saturated heterocycles. The Hall–Kier alpha value is -3.47. The number of aromatic amines is 1. The van der Waals surface area contributed by atoms with E-state index in [9.17, 15) is 9.90 Å². The average molecular weight is 383 g/mol. The molecule has 2 heterocycles. The Morgan fingerprint density at radius 2 is 1.90 bits per heavy atom. The molecule has 0 spiro atoms. The molecule has 5 rings (SSSR count). The molecule has 1 aliphatic carbocycles. The number of H-pyrrole nitrogens is 1. The van der Waals surface area contributed by atoms with Crippen LogP contribution in [-0.4, -0.2) is 26.0 Å². The van der Waals surface area contributed by atoms with Crippen LogP contribution < -0.4 is 0 Å². The van der Waals surface area contributed by atoms with Gasteiger partial charge in [0.05, 0.1) is 11.1 Å². The van der Waals surface area contributed by atoms with Gasteiger partial charge in [-0.25, -0.2) is 14.8 Å². The van der Waals surface area contributed by atoms with E-state index in [0.29, 0.717) is 11.5 Å². The second-order valence-electron chi connectivity index (χ2n) is 7.73. The number of hydrogen-bond acceptors (Lipinski definition) is 3. The molecular formula is C24H21N3O2. The molecule has 29 heavy (non-hydrogen) atoms. The Morgan fingerprint density at radius 3 is 2.62 bits per heavy atom. The fourth-order valence-corrected chi connectivity index (χ4v) is 3.80. The van der Waals surface area contributed by atoms with Gasteiger partial charge < -0.3 is 10.1 Å². The summed E-state index contributed by atoms with van der Waals surface area (Å²) in [6.07, 6.45) is 5.11. The SMILES string of the molecule is Cc1c(Cc2ccc(-c3ccccc3C(=O)O)cc2)cnc2nc(C3CC3)[nH]c12. The van der Waals surface area contributed by atoms with Crippen molar-refractivity contribution in [1.29, 1.82) is 0 Å². The van der Waals surface area contributed by atoms with Gasteiger partial charge in [-0.3, -0.25) is 0 Å². The third-order valence-electron chi connectivity index (χ3n) is 5.68. The summed E-state index contributed by atoms with van der Waals surface area (Å²) in [5.74, 6) is 0.729. The molecule has 1 aliphatic rings. The fraction of sp³-hybridized carbons (Fsp3) is 0.208. The Kier molecular flexibility index (Phi) is 4.16. The highest BCUT2D eigenvalue weighted by Crippen LogP contribution is 2.39. The van der Waals surface area contributed by atoms with Gasteiger partial charge in [-0.2, -0.15) is 0 Å². The first-order chi connectivity index (χ1) is 14.1. The molecule has 2 aromatic heterocycles. The van der Waals surface area contributed by atoms with Crippen molar-refractivity contribution in [2.45, 2.75) is 32.1 Å². The van der Waals surface area contributed by atoms with Gasteiger partial charge in [0.15, 0.2) is 5.65 Å². The van der Waals surface area contributed by atoms with E-state index in [4.69, 9.17) is 0 Å². The van der Waals surface area contributed by atoms with Crippen molar-refractivity contribution in [3.63, 3.8) is 0 Å². The molecule has 4 aromatic rings. The number of imidazole rings is 1. The van der Waals surface area contributed by atoms with Crippen molar-refractivity contribution in [1.82, 2.24) is 15.0 Å². The van der Waals surface area contributed by atoms with E-state index in [1.54, 1.807) is 12.1 Å². The van der Waals surface area contributed by atoms with Crippen molar-refractivity contribution in [2.24, 2.45) is 0 Å². The standard InChI is InChI=1S/C24H21N3O2/c1-14-18(13-25-23-21(14)26-22(27-23)17-10-11-17)12-15-6-8-16(9-7-15)19-4-2-3-5-20(19)24(28)29/h2-9,13,17H,10-12H2,1H3,(H,28,29)(H,25,26,27). The first-order valence-electron chi connectivity index (χ1n) is 9.86. The summed E-state index contributed by atoms with van der Waals surface area (Å²) in [6.45, 7) is 2.12. The minimum absolute atomic E-state index is 0.316. The molecule has 0 atom stereocenters. The molecule has 0 unspecified atom stereocenters. The van der Waals surface area contributed by atoms with Crippen molar-refractivity contribution in [3.8, 4) is 11.1 Å². The van der Waals surface area contributed by atoms with Crippen LogP contribution in [0.4, 0.5) is 0 Å². The smallest absolute Gasteiger partial charge is 0.336 e. The van der Waals surface area contributed by atoms with Crippen LogP contribution in [0.5, 0.6) is 0 Å². The molecule has 0 amide bonds. The van der Waals surface area contributed by atoms with E-state index in [1.165, 1.54) is 24.0 Å². The van der Waals surface area contributed by atoms with Gasteiger partial charge in [-0.1, -0.05) is 42.5 Å². The van der Waals surface area contributed by atoms with Crippen LogP contribution in [0, 0.1) is 6.92 Å². The number of aromatic carboxylic acids is 1. The summed E-state index contributed by atoms with van der Waals surface area (Å²) < 4.78 is 0. The largest absolute Gasteiger partial charge is 0.478 e. The number of aromatic nitrogens is 3. The number of hydrogen-bond donors (Lipinski definition) is 2. The second kappa shape index (κ2) is 6.85. The lowest BCUT2D eigenvalue weighted by atomic mass is 9.96.